The van der Waals surface area contributed by atoms with E-state index in [1.165, 1.54) is 51.6 Å². The molecule has 0 heterocycles. The van der Waals surface area contributed by atoms with Gasteiger partial charge in [0.1, 0.15) is 0 Å². The fourth-order valence-corrected chi connectivity index (χ4v) is 4.12. The van der Waals surface area contributed by atoms with Gasteiger partial charge < -0.3 is 10.6 Å². The Balaban J connectivity index is 1.84. The van der Waals surface area contributed by atoms with Crippen LogP contribution in [0.1, 0.15) is 59.3 Å². The number of unbranched alkanes of at least 4 members (excludes halogenated alkanes) is 2. The van der Waals surface area contributed by atoms with E-state index < -0.39 is 0 Å². The number of hydrogen-bond donors (Lipinski definition) is 1. The van der Waals surface area contributed by atoms with E-state index in [-0.39, 0.29) is 0 Å². The molecule has 0 aliphatic heterocycles. The molecule has 2 saturated carbocycles. The third-order valence-electron chi connectivity index (χ3n) is 5.38. The molecule has 2 rings (SSSR count). The summed E-state index contributed by atoms with van der Waals surface area (Å²) in [5.74, 6) is 2.58. The lowest BCUT2D eigenvalue weighted by molar-refractivity contribution is 0.143. The fourth-order valence-electron chi connectivity index (χ4n) is 4.12. The van der Waals surface area contributed by atoms with E-state index >= 15 is 0 Å². The Labute approximate surface area is 113 Å². The van der Waals surface area contributed by atoms with Gasteiger partial charge in [0, 0.05) is 18.6 Å². The van der Waals surface area contributed by atoms with E-state index in [9.17, 15) is 0 Å². The van der Waals surface area contributed by atoms with E-state index in [4.69, 9.17) is 5.73 Å². The van der Waals surface area contributed by atoms with E-state index in [0.29, 0.717) is 12.1 Å². The monoisotopic (exact) mass is 252 g/mol. The summed E-state index contributed by atoms with van der Waals surface area (Å²) < 4.78 is 0. The summed E-state index contributed by atoms with van der Waals surface area (Å²) in [4.78, 5) is 2.68. The molecule has 18 heavy (non-hydrogen) atoms. The van der Waals surface area contributed by atoms with Crippen molar-refractivity contribution in [3.05, 3.63) is 0 Å². The van der Waals surface area contributed by atoms with Crippen LogP contribution < -0.4 is 5.73 Å². The van der Waals surface area contributed by atoms with Crippen LogP contribution in [0.5, 0.6) is 0 Å². The molecule has 0 aromatic rings. The second-order valence-electron chi connectivity index (χ2n) is 6.87. The first kappa shape index (κ1) is 14.3. The van der Waals surface area contributed by atoms with Crippen molar-refractivity contribution in [3.63, 3.8) is 0 Å². The minimum absolute atomic E-state index is 0.496. The highest BCUT2D eigenvalue weighted by Crippen LogP contribution is 2.47. The van der Waals surface area contributed by atoms with Crippen LogP contribution in [0.2, 0.25) is 0 Å². The summed E-state index contributed by atoms with van der Waals surface area (Å²) in [6, 6.07) is 1.17. The average Bonchev–Trinajstić information content (AvgIpc) is 2.90. The molecule has 2 aliphatic rings. The fraction of sp³-hybridized carbons (Fsp3) is 1.00. The molecule has 0 aromatic heterocycles. The number of nitrogens with two attached hydrogens (primary N) is 1. The van der Waals surface area contributed by atoms with Gasteiger partial charge in [-0.3, -0.25) is 0 Å². The van der Waals surface area contributed by atoms with Gasteiger partial charge in [-0.05, 0) is 63.8 Å². The predicted octanol–water partition coefficient (Wildman–Crippen LogP) is 3.26. The van der Waals surface area contributed by atoms with Crippen LogP contribution >= 0.6 is 0 Å². The Bertz CT molecular complexity index is 249. The molecule has 2 N–H and O–H groups in total. The van der Waals surface area contributed by atoms with Crippen molar-refractivity contribution < 1.29 is 0 Å². The quantitative estimate of drug-likeness (QED) is 0.705. The molecule has 0 aromatic carbocycles. The lowest BCUT2D eigenvalue weighted by atomic mass is 9.84. The summed E-state index contributed by atoms with van der Waals surface area (Å²) in [6.45, 7) is 9.48. The first-order valence-electron chi connectivity index (χ1n) is 8.13. The van der Waals surface area contributed by atoms with Gasteiger partial charge >= 0.3 is 0 Å². The lowest BCUT2D eigenvalue weighted by Gasteiger charge is -2.35. The highest BCUT2D eigenvalue weighted by Gasteiger charge is 2.46. The minimum atomic E-state index is 0.496. The van der Waals surface area contributed by atoms with Crippen molar-refractivity contribution in [1.82, 2.24) is 4.90 Å². The van der Waals surface area contributed by atoms with E-state index in [1.54, 1.807) is 0 Å². The molecule has 106 valence electrons. The van der Waals surface area contributed by atoms with Crippen LogP contribution in [0.15, 0.2) is 0 Å². The average molecular weight is 252 g/mol. The van der Waals surface area contributed by atoms with Crippen molar-refractivity contribution in [2.24, 2.45) is 23.5 Å². The van der Waals surface area contributed by atoms with Crippen molar-refractivity contribution >= 4 is 0 Å². The summed E-state index contributed by atoms with van der Waals surface area (Å²) in [7, 11) is 0. The standard InChI is InChI=1S/C16H32N2/c1-4-5-6-9-18(12(2)3)11-15-13-7-8-14(10-13)16(15)17/h12-16H,4-11,17H2,1-3H3. The summed E-state index contributed by atoms with van der Waals surface area (Å²) in [5.41, 5.74) is 6.44. The zero-order chi connectivity index (χ0) is 13.1. The Morgan fingerprint density at radius 3 is 2.44 bits per heavy atom. The van der Waals surface area contributed by atoms with Crippen LogP contribution in [0.3, 0.4) is 0 Å². The second kappa shape index (κ2) is 6.38. The van der Waals surface area contributed by atoms with Crippen molar-refractivity contribution in [2.75, 3.05) is 13.1 Å². The maximum absolute atomic E-state index is 6.44. The van der Waals surface area contributed by atoms with Crippen LogP contribution in [-0.2, 0) is 0 Å². The number of hydrogen-bond acceptors (Lipinski definition) is 2. The van der Waals surface area contributed by atoms with Crippen LogP contribution in [0.4, 0.5) is 0 Å². The van der Waals surface area contributed by atoms with Gasteiger partial charge in [-0.2, -0.15) is 0 Å². The predicted molar refractivity (Wildman–Crippen MR) is 78.5 cm³/mol. The van der Waals surface area contributed by atoms with E-state index in [2.05, 4.69) is 25.7 Å². The van der Waals surface area contributed by atoms with Gasteiger partial charge in [-0.15, -0.1) is 0 Å². The van der Waals surface area contributed by atoms with Gasteiger partial charge in [0.25, 0.3) is 0 Å². The maximum Gasteiger partial charge on any atom is 0.0111 e. The highest BCUT2D eigenvalue weighted by atomic mass is 15.1. The molecule has 0 saturated heterocycles. The van der Waals surface area contributed by atoms with Crippen LogP contribution in [0.25, 0.3) is 0 Å². The first-order valence-corrected chi connectivity index (χ1v) is 8.13. The van der Waals surface area contributed by atoms with Gasteiger partial charge in [0.05, 0.1) is 0 Å². The Morgan fingerprint density at radius 2 is 1.89 bits per heavy atom. The molecule has 2 aliphatic carbocycles. The van der Waals surface area contributed by atoms with Gasteiger partial charge in [0.15, 0.2) is 0 Å². The second-order valence-corrected chi connectivity index (χ2v) is 6.87. The van der Waals surface area contributed by atoms with Crippen molar-refractivity contribution in [3.8, 4) is 0 Å². The molecule has 0 spiro atoms. The number of nitrogens with zero attached hydrogens (tertiary/aromatic N) is 1. The number of fused-ring (bicyclic) bond motifs is 2. The van der Waals surface area contributed by atoms with Crippen LogP contribution in [-0.4, -0.2) is 30.1 Å². The molecular weight excluding hydrogens is 220 g/mol. The van der Waals surface area contributed by atoms with Crippen molar-refractivity contribution in [1.29, 1.82) is 0 Å². The van der Waals surface area contributed by atoms with E-state index in [1.807, 2.05) is 0 Å². The third kappa shape index (κ3) is 3.08. The smallest absolute Gasteiger partial charge is 0.0111 e. The minimum Gasteiger partial charge on any atom is -0.327 e. The highest BCUT2D eigenvalue weighted by molar-refractivity contribution is 5.00. The molecule has 2 bridgehead atoms. The Kier molecular flexibility index (Phi) is 5.08. The summed E-state index contributed by atoms with van der Waals surface area (Å²) >= 11 is 0. The molecular formula is C16H32N2. The Hall–Kier alpha value is -0.0800. The maximum atomic E-state index is 6.44. The third-order valence-corrected chi connectivity index (χ3v) is 5.38. The van der Waals surface area contributed by atoms with Crippen LogP contribution in [0, 0.1) is 17.8 Å². The summed E-state index contributed by atoms with van der Waals surface area (Å²) in [5, 5.41) is 0. The number of rotatable bonds is 7. The van der Waals surface area contributed by atoms with Crippen molar-refractivity contribution in [2.45, 2.75) is 71.4 Å². The molecule has 2 fully saturated rings. The molecule has 0 radical (unpaired) electrons. The molecule has 2 nitrogen and oxygen atoms in total. The molecule has 4 atom stereocenters. The van der Waals surface area contributed by atoms with Gasteiger partial charge in [-0.25, -0.2) is 0 Å². The molecule has 2 heteroatoms. The first-order chi connectivity index (χ1) is 8.63. The van der Waals surface area contributed by atoms with Gasteiger partial charge in [0.2, 0.25) is 0 Å². The zero-order valence-electron chi connectivity index (χ0n) is 12.6. The lowest BCUT2D eigenvalue weighted by Crippen LogP contribution is -2.45. The topological polar surface area (TPSA) is 29.3 Å². The normalized spacial score (nSPS) is 35.0. The zero-order valence-corrected chi connectivity index (χ0v) is 12.6. The largest absolute Gasteiger partial charge is 0.327 e. The Morgan fingerprint density at radius 1 is 1.17 bits per heavy atom. The van der Waals surface area contributed by atoms with E-state index in [0.717, 1.165) is 17.8 Å². The molecule has 0 amide bonds. The molecule has 4 unspecified atom stereocenters. The summed E-state index contributed by atoms with van der Waals surface area (Å²) in [6.07, 6.45) is 8.31. The van der Waals surface area contributed by atoms with Gasteiger partial charge in [-0.1, -0.05) is 19.8 Å². The SMILES string of the molecule is CCCCCN(CC1C2CCC(C2)C1N)C(C)C.